The molecule has 8 bridgehead atoms. The SMILES string of the molecule is COc1c(F)c(F)c(-c2c3nc(c4ccc([nH]4)c(-c4c(F)c(F)c(OC)c(F)c4F)c4ccc([nH]4)c(-c4c(F)c(F)c(OC)c(F)c4F)c4ccc2[nH]4)C=C3)c(F)c1F. The van der Waals surface area contributed by atoms with E-state index < -0.39 is 148 Å². The van der Waals surface area contributed by atoms with E-state index in [0.717, 1.165) is 51.7 Å². The molecule has 302 valence electrons. The lowest BCUT2D eigenvalue weighted by molar-refractivity contribution is 0.334. The fourth-order valence-corrected chi connectivity index (χ4v) is 6.98. The largest absolute Gasteiger partial charge is 0.491 e. The second kappa shape index (κ2) is 14.1. The first-order chi connectivity index (χ1) is 28.1. The van der Waals surface area contributed by atoms with E-state index in [0.29, 0.717) is 0 Å². The van der Waals surface area contributed by atoms with Gasteiger partial charge in [-0.15, -0.1) is 0 Å². The molecule has 8 rings (SSSR count). The average Bonchev–Trinajstić information content (AvgIpc) is 4.06. The van der Waals surface area contributed by atoms with Gasteiger partial charge in [0.25, 0.3) is 0 Å². The Morgan fingerprint density at radius 1 is 0.322 bits per heavy atom. The van der Waals surface area contributed by atoms with Crippen LogP contribution >= 0.6 is 0 Å². The van der Waals surface area contributed by atoms with Crippen molar-refractivity contribution in [1.82, 2.24) is 19.9 Å². The summed E-state index contributed by atoms with van der Waals surface area (Å²) in [5, 5.41) is 0. The van der Waals surface area contributed by atoms with Gasteiger partial charge >= 0.3 is 0 Å². The number of nitrogens with zero attached hydrogens (tertiary/aromatic N) is 1. The van der Waals surface area contributed by atoms with E-state index in [-0.39, 0.29) is 16.7 Å². The zero-order valence-electron chi connectivity index (χ0n) is 29.8. The standard InChI is InChI=1S/C40H20F12N4O3/c1-57-38-32(47)26(41)23(27(42)33(38)48)20-14-6-4-12(53-14)13-5-7-15(54-13)21(24-28(43)34(49)39(58-2)35(50)29(24)44)17-9-11-19(56-17)22(18-10-8-16(20)55-18)25-30(45)36(51)40(59-3)37(52)31(25)46/h4-11,53,55-56H,1-3H3. The van der Waals surface area contributed by atoms with Crippen molar-refractivity contribution in [2.75, 3.05) is 21.3 Å². The van der Waals surface area contributed by atoms with Crippen molar-refractivity contribution >= 4 is 45.3 Å². The molecule has 0 unspecified atom stereocenters. The Bertz CT molecular complexity index is 3030. The third-order valence-electron chi connectivity index (χ3n) is 9.61. The van der Waals surface area contributed by atoms with Crippen molar-refractivity contribution in [1.29, 1.82) is 0 Å². The van der Waals surface area contributed by atoms with Crippen molar-refractivity contribution in [3.63, 3.8) is 0 Å². The molecule has 0 spiro atoms. The van der Waals surface area contributed by atoms with E-state index in [4.69, 9.17) is 0 Å². The molecule has 1 aliphatic heterocycles. The van der Waals surface area contributed by atoms with Crippen LogP contribution in [0.4, 0.5) is 52.7 Å². The molecule has 0 saturated heterocycles. The number of rotatable bonds is 6. The lowest BCUT2D eigenvalue weighted by Gasteiger charge is -2.13. The summed E-state index contributed by atoms with van der Waals surface area (Å²) in [6.45, 7) is 0. The first kappa shape index (κ1) is 38.8. The molecule has 19 heteroatoms. The smallest absolute Gasteiger partial charge is 0.204 e. The maximum Gasteiger partial charge on any atom is 0.204 e. The average molecular weight is 833 g/mol. The monoisotopic (exact) mass is 832 g/mol. The molecule has 0 radical (unpaired) electrons. The molecule has 3 aromatic carbocycles. The van der Waals surface area contributed by atoms with Crippen LogP contribution in [-0.4, -0.2) is 41.3 Å². The van der Waals surface area contributed by atoms with Crippen molar-refractivity contribution in [3.05, 3.63) is 118 Å². The van der Waals surface area contributed by atoms with Gasteiger partial charge in [0, 0.05) is 44.3 Å². The van der Waals surface area contributed by atoms with E-state index in [2.05, 4.69) is 34.1 Å². The number of halogens is 12. The molecule has 5 heterocycles. The summed E-state index contributed by atoms with van der Waals surface area (Å²) in [5.74, 6) is -28.0. The van der Waals surface area contributed by atoms with Gasteiger partial charge < -0.3 is 29.2 Å². The van der Waals surface area contributed by atoms with Crippen LogP contribution in [-0.2, 0) is 0 Å². The lowest BCUT2D eigenvalue weighted by Crippen LogP contribution is -2.05. The predicted molar refractivity (Wildman–Crippen MR) is 191 cm³/mol. The number of benzene rings is 3. The van der Waals surface area contributed by atoms with Gasteiger partial charge in [0.15, 0.2) is 52.2 Å². The molecule has 0 fully saturated rings. The summed E-state index contributed by atoms with van der Waals surface area (Å²) in [4.78, 5) is 12.4. The second-order valence-electron chi connectivity index (χ2n) is 12.7. The molecule has 7 nitrogen and oxygen atoms in total. The highest BCUT2D eigenvalue weighted by Crippen LogP contribution is 2.44. The second-order valence-corrected chi connectivity index (χ2v) is 12.7. The van der Waals surface area contributed by atoms with Crippen LogP contribution in [0.25, 0.3) is 78.6 Å². The zero-order chi connectivity index (χ0) is 42.3. The van der Waals surface area contributed by atoms with Gasteiger partial charge in [-0.05, 0) is 48.6 Å². The number of hydrogen-bond donors (Lipinski definition) is 3. The molecule has 0 saturated carbocycles. The Hall–Kier alpha value is -7.05. The Labute approximate surface area is 321 Å². The highest BCUT2D eigenvalue weighted by Gasteiger charge is 2.33. The summed E-state index contributed by atoms with van der Waals surface area (Å²) in [7, 11) is 2.23. The van der Waals surface area contributed by atoms with Crippen LogP contribution < -0.4 is 14.2 Å². The summed E-state index contributed by atoms with van der Waals surface area (Å²) >= 11 is 0. The Morgan fingerprint density at radius 2 is 0.576 bits per heavy atom. The molecular formula is C40H20F12N4O3. The molecule has 1 aliphatic rings. The van der Waals surface area contributed by atoms with E-state index in [1.165, 1.54) is 18.2 Å². The highest BCUT2D eigenvalue weighted by atomic mass is 19.2. The number of aromatic amines is 3. The van der Waals surface area contributed by atoms with Gasteiger partial charge in [-0.2, -0.15) is 26.3 Å². The van der Waals surface area contributed by atoms with Crippen LogP contribution in [0.15, 0.2) is 36.4 Å². The van der Waals surface area contributed by atoms with Gasteiger partial charge in [-0.25, -0.2) is 31.3 Å². The minimum Gasteiger partial charge on any atom is -0.491 e. The minimum absolute atomic E-state index is 0.000751. The molecule has 7 aromatic rings. The van der Waals surface area contributed by atoms with Crippen molar-refractivity contribution in [2.45, 2.75) is 0 Å². The van der Waals surface area contributed by atoms with Crippen LogP contribution in [0.2, 0.25) is 0 Å². The van der Waals surface area contributed by atoms with Crippen molar-refractivity contribution in [3.8, 4) is 50.6 Å². The Morgan fingerprint density at radius 3 is 0.898 bits per heavy atom. The summed E-state index contributed by atoms with van der Waals surface area (Å²) in [5.41, 5.74) is -8.89. The molecule has 0 amide bonds. The van der Waals surface area contributed by atoms with Crippen LogP contribution in [0.3, 0.4) is 0 Å². The highest BCUT2D eigenvalue weighted by molar-refractivity contribution is 6.01. The number of methoxy groups -OCH3 is 3. The third-order valence-corrected chi connectivity index (χ3v) is 9.61. The Kier molecular flexibility index (Phi) is 9.27. The van der Waals surface area contributed by atoms with E-state index in [9.17, 15) is 0 Å². The summed E-state index contributed by atoms with van der Waals surface area (Å²) in [6, 6.07) is 6.52. The van der Waals surface area contributed by atoms with Crippen molar-refractivity contribution < 1.29 is 66.9 Å². The number of hydrogen-bond acceptors (Lipinski definition) is 4. The zero-order valence-corrected chi connectivity index (χ0v) is 29.8. The number of aromatic nitrogens is 4. The molecular weight excluding hydrogens is 812 g/mol. The number of H-pyrrole nitrogens is 3. The molecule has 0 aliphatic carbocycles. The van der Waals surface area contributed by atoms with Crippen LogP contribution in [0.5, 0.6) is 17.2 Å². The third kappa shape index (κ3) is 5.65. The van der Waals surface area contributed by atoms with Gasteiger partial charge in [0.1, 0.15) is 0 Å². The first-order valence-electron chi connectivity index (χ1n) is 16.7. The van der Waals surface area contributed by atoms with Crippen molar-refractivity contribution in [2.24, 2.45) is 0 Å². The quantitative estimate of drug-likeness (QED) is 0.115. The minimum atomic E-state index is -2.04. The normalized spacial score (nSPS) is 11.9. The number of nitrogens with one attached hydrogen (secondary N) is 3. The fraction of sp³-hybridized carbons (Fsp3) is 0.0750. The van der Waals surface area contributed by atoms with Gasteiger partial charge in [0.2, 0.25) is 34.9 Å². The van der Waals surface area contributed by atoms with E-state index >= 15 is 52.7 Å². The first-order valence-corrected chi connectivity index (χ1v) is 16.7. The molecule has 3 N–H and O–H groups in total. The molecule has 4 aromatic heterocycles. The van der Waals surface area contributed by atoms with Crippen LogP contribution in [0.1, 0.15) is 11.4 Å². The van der Waals surface area contributed by atoms with Gasteiger partial charge in [0.05, 0.1) is 54.9 Å². The summed E-state index contributed by atoms with van der Waals surface area (Å²) in [6.07, 6.45) is 2.39. The van der Waals surface area contributed by atoms with E-state index in [1.54, 1.807) is 0 Å². The predicted octanol–water partition coefficient (Wildman–Crippen LogP) is 11.4. The van der Waals surface area contributed by atoms with Crippen LogP contribution in [0, 0.1) is 69.8 Å². The summed E-state index contributed by atoms with van der Waals surface area (Å²) < 4.78 is 201. The molecule has 59 heavy (non-hydrogen) atoms. The number of ether oxygens (including phenoxy) is 3. The topological polar surface area (TPSA) is 87.9 Å². The van der Waals surface area contributed by atoms with E-state index in [1.807, 2.05) is 0 Å². The number of fused-ring (bicyclic) bond motifs is 9. The molecule has 0 atom stereocenters. The lowest BCUT2D eigenvalue weighted by atomic mass is 10.0. The van der Waals surface area contributed by atoms with Gasteiger partial charge in [-0.1, -0.05) is 0 Å². The Balaban J connectivity index is 1.63. The maximum absolute atomic E-state index is 16.0. The van der Waals surface area contributed by atoms with Gasteiger partial charge in [-0.3, -0.25) is 0 Å². The fourth-order valence-electron chi connectivity index (χ4n) is 6.98. The maximum atomic E-state index is 16.0.